The van der Waals surface area contributed by atoms with Crippen LogP contribution in [0.1, 0.15) is 30.5 Å². The van der Waals surface area contributed by atoms with Gasteiger partial charge in [0.1, 0.15) is 0 Å². The summed E-state index contributed by atoms with van der Waals surface area (Å²) in [6.07, 6.45) is 1.47. The van der Waals surface area contributed by atoms with Crippen LogP contribution in [0.15, 0.2) is 18.2 Å². The SMILES string of the molecule is N#CC1(c2cccc(C3OCCO3)n2)CC1. The van der Waals surface area contributed by atoms with Gasteiger partial charge in [-0.15, -0.1) is 0 Å². The first-order valence-corrected chi connectivity index (χ1v) is 5.46. The Balaban J connectivity index is 1.91. The number of ether oxygens (including phenoxy) is 2. The average Bonchev–Trinajstić information content (AvgIpc) is 2.95. The van der Waals surface area contributed by atoms with Gasteiger partial charge >= 0.3 is 0 Å². The lowest BCUT2D eigenvalue weighted by molar-refractivity contribution is -0.0474. The van der Waals surface area contributed by atoms with E-state index in [0.29, 0.717) is 13.2 Å². The molecule has 1 aromatic heterocycles. The predicted molar refractivity (Wildman–Crippen MR) is 55.4 cm³/mol. The first-order chi connectivity index (χ1) is 7.84. The highest BCUT2D eigenvalue weighted by Gasteiger charge is 2.46. The van der Waals surface area contributed by atoms with Gasteiger partial charge in [0.15, 0.2) is 0 Å². The van der Waals surface area contributed by atoms with Crippen molar-refractivity contribution >= 4 is 0 Å². The van der Waals surface area contributed by atoms with Gasteiger partial charge in [0, 0.05) is 0 Å². The number of pyridine rings is 1. The zero-order valence-electron chi connectivity index (χ0n) is 8.85. The van der Waals surface area contributed by atoms with Crippen molar-refractivity contribution in [3.63, 3.8) is 0 Å². The summed E-state index contributed by atoms with van der Waals surface area (Å²) in [6, 6.07) is 8.05. The number of nitrogens with zero attached hydrogens (tertiary/aromatic N) is 2. The summed E-state index contributed by atoms with van der Waals surface area (Å²) >= 11 is 0. The third kappa shape index (κ3) is 1.49. The van der Waals surface area contributed by atoms with Gasteiger partial charge in [-0.25, -0.2) is 0 Å². The maximum Gasteiger partial charge on any atom is 0.201 e. The molecule has 0 atom stereocenters. The summed E-state index contributed by atoms with van der Waals surface area (Å²) in [7, 11) is 0. The third-order valence-electron chi connectivity index (χ3n) is 3.09. The Hall–Kier alpha value is -1.44. The maximum atomic E-state index is 9.11. The van der Waals surface area contributed by atoms with E-state index in [1.54, 1.807) is 0 Å². The Morgan fingerprint density at radius 2 is 2.06 bits per heavy atom. The van der Waals surface area contributed by atoms with Gasteiger partial charge in [0.05, 0.1) is 36.1 Å². The molecule has 0 spiro atoms. The monoisotopic (exact) mass is 216 g/mol. The van der Waals surface area contributed by atoms with E-state index in [4.69, 9.17) is 14.7 Å². The molecule has 82 valence electrons. The van der Waals surface area contributed by atoms with E-state index in [1.807, 2.05) is 18.2 Å². The molecule has 4 nitrogen and oxygen atoms in total. The lowest BCUT2D eigenvalue weighted by atomic mass is 10.0. The Bertz CT molecular complexity index is 443. The second-order valence-electron chi connectivity index (χ2n) is 4.22. The fourth-order valence-corrected chi connectivity index (χ4v) is 1.93. The van der Waals surface area contributed by atoms with E-state index in [9.17, 15) is 0 Å². The van der Waals surface area contributed by atoms with Crippen LogP contribution in [0.4, 0.5) is 0 Å². The predicted octanol–water partition coefficient (Wildman–Crippen LogP) is 1.68. The van der Waals surface area contributed by atoms with E-state index in [1.165, 1.54) is 0 Å². The van der Waals surface area contributed by atoms with Crippen molar-refractivity contribution in [3.05, 3.63) is 29.6 Å². The minimum atomic E-state index is -0.352. The molecule has 1 saturated carbocycles. The number of aromatic nitrogens is 1. The van der Waals surface area contributed by atoms with Crippen LogP contribution in [0, 0.1) is 11.3 Å². The smallest absolute Gasteiger partial charge is 0.201 e. The molecule has 0 unspecified atom stereocenters. The average molecular weight is 216 g/mol. The van der Waals surface area contributed by atoms with E-state index in [0.717, 1.165) is 24.2 Å². The van der Waals surface area contributed by atoms with Gasteiger partial charge in [-0.3, -0.25) is 4.98 Å². The standard InChI is InChI=1S/C12H12N2O2/c13-8-12(4-5-12)10-3-1-2-9(14-10)11-15-6-7-16-11/h1-3,11H,4-7H2. The largest absolute Gasteiger partial charge is 0.345 e. The van der Waals surface area contributed by atoms with E-state index < -0.39 is 0 Å². The normalized spacial score (nSPS) is 22.9. The van der Waals surface area contributed by atoms with Crippen molar-refractivity contribution in [2.24, 2.45) is 0 Å². The maximum absolute atomic E-state index is 9.11. The molecule has 3 rings (SSSR count). The highest BCUT2D eigenvalue weighted by Crippen LogP contribution is 2.46. The lowest BCUT2D eigenvalue weighted by Gasteiger charge is -2.11. The summed E-state index contributed by atoms with van der Waals surface area (Å²) in [5.74, 6) is 0. The van der Waals surface area contributed by atoms with Crippen LogP contribution in [-0.4, -0.2) is 18.2 Å². The number of nitriles is 1. The lowest BCUT2D eigenvalue weighted by Crippen LogP contribution is -2.09. The molecule has 0 bridgehead atoms. The summed E-state index contributed by atoms with van der Waals surface area (Å²) in [5.41, 5.74) is 1.29. The van der Waals surface area contributed by atoms with Crippen LogP contribution in [-0.2, 0) is 14.9 Å². The third-order valence-corrected chi connectivity index (χ3v) is 3.09. The van der Waals surface area contributed by atoms with E-state index in [-0.39, 0.29) is 11.7 Å². The first-order valence-electron chi connectivity index (χ1n) is 5.46. The van der Waals surface area contributed by atoms with Gasteiger partial charge in [-0.05, 0) is 25.0 Å². The molecule has 0 N–H and O–H groups in total. The topological polar surface area (TPSA) is 55.1 Å². The minimum absolute atomic E-state index is 0.339. The van der Waals surface area contributed by atoms with Crippen LogP contribution in [0.25, 0.3) is 0 Å². The molecule has 0 amide bonds. The number of hydrogen-bond donors (Lipinski definition) is 0. The van der Waals surface area contributed by atoms with Gasteiger partial charge < -0.3 is 9.47 Å². The summed E-state index contributed by atoms with van der Waals surface area (Å²) in [4.78, 5) is 4.49. The molecule has 0 radical (unpaired) electrons. The highest BCUT2D eigenvalue weighted by molar-refractivity contribution is 5.34. The van der Waals surface area contributed by atoms with Crippen LogP contribution in [0.5, 0.6) is 0 Å². The summed E-state index contributed by atoms with van der Waals surface area (Å²) in [5, 5.41) is 9.11. The van der Waals surface area contributed by atoms with Crippen molar-refractivity contribution in [3.8, 4) is 6.07 Å². The van der Waals surface area contributed by atoms with E-state index in [2.05, 4.69) is 11.1 Å². The van der Waals surface area contributed by atoms with Crippen LogP contribution < -0.4 is 0 Å². The molecule has 2 aliphatic rings. The molecule has 1 aromatic rings. The molecular formula is C12H12N2O2. The van der Waals surface area contributed by atoms with Crippen molar-refractivity contribution in [1.82, 2.24) is 4.98 Å². The first kappa shape index (κ1) is 9.76. The Morgan fingerprint density at radius 1 is 1.31 bits per heavy atom. The molecule has 1 saturated heterocycles. The Labute approximate surface area is 93.8 Å². The van der Waals surface area contributed by atoms with Gasteiger partial charge in [-0.1, -0.05) is 6.07 Å². The molecular weight excluding hydrogens is 204 g/mol. The second kappa shape index (κ2) is 3.55. The molecule has 2 heterocycles. The van der Waals surface area contributed by atoms with Crippen LogP contribution in [0.2, 0.25) is 0 Å². The summed E-state index contributed by atoms with van der Waals surface area (Å²) < 4.78 is 10.8. The van der Waals surface area contributed by atoms with Gasteiger partial charge in [-0.2, -0.15) is 5.26 Å². The molecule has 4 heteroatoms. The molecule has 0 aromatic carbocycles. The van der Waals surface area contributed by atoms with Crippen molar-refractivity contribution in [1.29, 1.82) is 5.26 Å². The molecule has 2 fully saturated rings. The number of rotatable bonds is 2. The fourth-order valence-electron chi connectivity index (χ4n) is 1.93. The van der Waals surface area contributed by atoms with Crippen molar-refractivity contribution in [2.75, 3.05) is 13.2 Å². The van der Waals surface area contributed by atoms with E-state index >= 15 is 0 Å². The zero-order chi connectivity index (χ0) is 11.0. The number of hydrogen-bond acceptors (Lipinski definition) is 4. The van der Waals surface area contributed by atoms with Gasteiger partial charge in [0.2, 0.25) is 6.29 Å². The minimum Gasteiger partial charge on any atom is -0.345 e. The quantitative estimate of drug-likeness (QED) is 0.754. The van der Waals surface area contributed by atoms with Crippen LogP contribution in [0.3, 0.4) is 0 Å². The fraction of sp³-hybridized carbons (Fsp3) is 0.500. The Kier molecular flexibility index (Phi) is 2.16. The molecule has 16 heavy (non-hydrogen) atoms. The second-order valence-corrected chi connectivity index (χ2v) is 4.22. The molecule has 1 aliphatic heterocycles. The molecule has 1 aliphatic carbocycles. The Morgan fingerprint density at radius 3 is 2.69 bits per heavy atom. The van der Waals surface area contributed by atoms with Gasteiger partial charge in [0.25, 0.3) is 0 Å². The highest BCUT2D eigenvalue weighted by atomic mass is 16.7. The van der Waals surface area contributed by atoms with Crippen LogP contribution >= 0.6 is 0 Å². The zero-order valence-corrected chi connectivity index (χ0v) is 8.85. The summed E-state index contributed by atoms with van der Waals surface area (Å²) in [6.45, 7) is 1.22. The van der Waals surface area contributed by atoms with Crippen molar-refractivity contribution in [2.45, 2.75) is 24.5 Å². The van der Waals surface area contributed by atoms with Crippen molar-refractivity contribution < 1.29 is 9.47 Å².